The molecule has 280 valence electrons. The van der Waals surface area contributed by atoms with E-state index >= 15 is 0 Å². The van der Waals surface area contributed by atoms with Crippen molar-refractivity contribution in [1.29, 1.82) is 0 Å². The van der Waals surface area contributed by atoms with Crippen molar-refractivity contribution in [3.63, 3.8) is 0 Å². The number of rotatable bonds is 10. The van der Waals surface area contributed by atoms with E-state index in [9.17, 15) is 0 Å². The first-order chi connectivity index (χ1) is 28.3. The van der Waals surface area contributed by atoms with Gasteiger partial charge in [-0.3, -0.25) is 0 Å². The zero-order chi connectivity index (χ0) is 40.0. The van der Waals surface area contributed by atoms with Gasteiger partial charge in [-0.05, 0) is 123 Å². The van der Waals surface area contributed by atoms with Gasteiger partial charge in [0.1, 0.15) is 11.3 Å². The summed E-state index contributed by atoms with van der Waals surface area (Å²) in [4.78, 5) is 2.28. The molecule has 1 aliphatic rings. The predicted molar refractivity (Wildman–Crippen MR) is 249 cm³/mol. The second kappa shape index (κ2) is 14.7. The summed E-state index contributed by atoms with van der Waals surface area (Å²) in [6, 6.07) is 53.1. The van der Waals surface area contributed by atoms with Crippen LogP contribution in [0.3, 0.4) is 0 Å². The van der Waals surface area contributed by atoms with Gasteiger partial charge in [-0.15, -0.1) is 0 Å². The minimum Gasteiger partial charge on any atom is -0.461 e. The lowest BCUT2D eigenvalue weighted by atomic mass is 9.82. The maximum Gasteiger partial charge on any atom is 0.134 e. The Balaban J connectivity index is 1.13. The highest BCUT2D eigenvalue weighted by Crippen LogP contribution is 2.51. The van der Waals surface area contributed by atoms with Crippen LogP contribution in [0.2, 0.25) is 0 Å². The Labute approximate surface area is 341 Å². The second-order valence-electron chi connectivity index (χ2n) is 15.5. The van der Waals surface area contributed by atoms with Gasteiger partial charge in [0, 0.05) is 33.1 Å². The van der Waals surface area contributed by atoms with Gasteiger partial charge in [0.25, 0.3) is 0 Å². The van der Waals surface area contributed by atoms with E-state index in [2.05, 4.69) is 190 Å². The van der Waals surface area contributed by atoms with Crippen LogP contribution in [0, 0.1) is 6.92 Å². The monoisotopic (exact) mass is 747 g/mol. The Morgan fingerprint density at radius 1 is 0.569 bits per heavy atom. The number of fused-ring (bicyclic) bond motifs is 5. The maximum atomic E-state index is 6.07. The van der Waals surface area contributed by atoms with Crippen molar-refractivity contribution < 1.29 is 4.42 Å². The molecule has 0 spiro atoms. The minimum absolute atomic E-state index is 0.0876. The number of anilines is 2. The third kappa shape index (κ3) is 6.15. The molecule has 1 aromatic heterocycles. The quantitative estimate of drug-likeness (QED) is 0.130. The Bertz CT molecular complexity index is 2970. The Morgan fingerprint density at radius 3 is 1.90 bits per heavy atom. The van der Waals surface area contributed by atoms with Crippen LogP contribution in [0.1, 0.15) is 36.3 Å². The summed E-state index contributed by atoms with van der Waals surface area (Å²) in [5.41, 5.74) is 17.3. The summed E-state index contributed by atoms with van der Waals surface area (Å²) in [5.74, 6) is 0.892. The highest BCUT2D eigenvalue weighted by Gasteiger charge is 2.35. The van der Waals surface area contributed by atoms with Gasteiger partial charge in [-0.2, -0.15) is 0 Å². The second-order valence-corrected chi connectivity index (χ2v) is 15.5. The molecular formula is C56H45NO. The lowest BCUT2D eigenvalue weighted by molar-refractivity contribution is 0.577. The summed E-state index contributed by atoms with van der Waals surface area (Å²) < 4.78 is 6.07. The maximum absolute atomic E-state index is 6.07. The van der Waals surface area contributed by atoms with Crippen molar-refractivity contribution in [2.45, 2.75) is 26.2 Å². The molecule has 2 nitrogen and oxygen atoms in total. The first kappa shape index (κ1) is 36.5. The summed E-state index contributed by atoms with van der Waals surface area (Å²) in [7, 11) is 0. The van der Waals surface area contributed by atoms with Crippen molar-refractivity contribution in [3.8, 4) is 44.5 Å². The molecule has 0 bridgehead atoms. The van der Waals surface area contributed by atoms with Crippen LogP contribution in [-0.4, -0.2) is 0 Å². The highest BCUT2D eigenvalue weighted by molar-refractivity contribution is 6.06. The molecule has 58 heavy (non-hydrogen) atoms. The predicted octanol–water partition coefficient (Wildman–Crippen LogP) is 15.8. The van der Waals surface area contributed by atoms with Crippen LogP contribution < -0.4 is 4.90 Å². The fourth-order valence-corrected chi connectivity index (χ4v) is 8.85. The molecule has 0 atom stereocenters. The highest BCUT2D eigenvalue weighted by atomic mass is 16.3. The zero-order valence-electron chi connectivity index (χ0n) is 33.3. The first-order valence-corrected chi connectivity index (χ1v) is 19.9. The third-order valence-corrected chi connectivity index (χ3v) is 11.8. The van der Waals surface area contributed by atoms with E-state index in [-0.39, 0.29) is 5.41 Å². The van der Waals surface area contributed by atoms with E-state index in [1.54, 1.807) is 6.08 Å². The van der Waals surface area contributed by atoms with E-state index in [0.29, 0.717) is 0 Å². The molecule has 0 aliphatic heterocycles. The molecule has 1 aliphatic carbocycles. The topological polar surface area (TPSA) is 16.4 Å². The molecule has 8 aromatic rings. The molecule has 9 rings (SSSR count). The average molecular weight is 748 g/mol. The number of aryl methyl sites for hydroxylation is 1. The molecule has 0 N–H and O–H groups in total. The average Bonchev–Trinajstić information content (AvgIpc) is 3.70. The van der Waals surface area contributed by atoms with Crippen molar-refractivity contribution in [2.24, 2.45) is 0 Å². The van der Waals surface area contributed by atoms with E-state index < -0.39 is 0 Å². The van der Waals surface area contributed by atoms with Crippen molar-refractivity contribution >= 4 is 39.2 Å². The molecule has 0 saturated heterocycles. The zero-order valence-corrected chi connectivity index (χ0v) is 33.3. The van der Waals surface area contributed by atoms with Crippen LogP contribution in [0.15, 0.2) is 206 Å². The minimum atomic E-state index is -0.0876. The molecule has 7 aromatic carbocycles. The van der Waals surface area contributed by atoms with E-state index in [1.807, 2.05) is 31.2 Å². The number of hydrogen-bond donors (Lipinski definition) is 0. The number of furan rings is 1. The van der Waals surface area contributed by atoms with Gasteiger partial charge < -0.3 is 9.32 Å². The molecule has 0 amide bonds. The summed E-state index contributed by atoms with van der Waals surface area (Å²) in [6.07, 6.45) is 11.5. The van der Waals surface area contributed by atoms with Gasteiger partial charge in [-0.1, -0.05) is 161 Å². The molecule has 0 unspecified atom stereocenters. The number of allylic oxidation sites excluding steroid dienone is 5. The van der Waals surface area contributed by atoms with Gasteiger partial charge >= 0.3 is 0 Å². The molecule has 1 heterocycles. The first-order valence-electron chi connectivity index (χ1n) is 19.9. The largest absolute Gasteiger partial charge is 0.461 e. The van der Waals surface area contributed by atoms with E-state index in [0.717, 1.165) is 55.9 Å². The molecule has 2 heteroatoms. The fraction of sp³-hybridized carbons (Fsp3) is 0.0714. The standard InChI is InChI=1S/C56H45NO/c1-7-10-19-45-37(4)58-55-33-26-41(35-51(45)55)39-22-27-44(28-23-39)57(43(9-3)16-8-2)54-32-29-46(47-20-14-15-21-48(47)54)42-25-31-53-50(36-42)49-34-40(38-17-12-11-13-18-38)24-30-52(49)56(53,5)6/h7-36H,1-3H2,4-6H3/b19-10-,43-16+. The lowest BCUT2D eigenvalue weighted by Crippen LogP contribution is -2.15. The number of nitrogens with zero attached hydrogens (tertiary/aromatic N) is 1. The van der Waals surface area contributed by atoms with Gasteiger partial charge in [-0.25, -0.2) is 0 Å². The van der Waals surface area contributed by atoms with Crippen molar-refractivity contribution in [2.75, 3.05) is 4.90 Å². The third-order valence-electron chi connectivity index (χ3n) is 11.8. The van der Waals surface area contributed by atoms with E-state index in [4.69, 9.17) is 4.42 Å². The normalized spacial score (nSPS) is 13.1. The molecular weight excluding hydrogens is 703 g/mol. The van der Waals surface area contributed by atoms with Gasteiger partial charge in [0.2, 0.25) is 0 Å². The smallest absolute Gasteiger partial charge is 0.134 e. The van der Waals surface area contributed by atoms with Crippen LogP contribution >= 0.6 is 0 Å². The van der Waals surface area contributed by atoms with E-state index in [1.165, 1.54) is 49.9 Å². The van der Waals surface area contributed by atoms with Gasteiger partial charge in [0.05, 0.1) is 5.69 Å². The lowest BCUT2D eigenvalue weighted by Gasteiger charge is -2.28. The summed E-state index contributed by atoms with van der Waals surface area (Å²) >= 11 is 0. The Hall–Kier alpha value is -7.16. The molecule has 0 saturated carbocycles. The SMILES string of the molecule is C=C/C=C\c1c(C)oc2ccc(-c3ccc(N(/C(C=C)=C/C=C)c4ccc(-c5ccc6c(c5)-c5cc(-c7ccccc7)ccc5C6(C)C)c5ccccc45)cc3)cc12. The van der Waals surface area contributed by atoms with Crippen LogP contribution in [-0.2, 0) is 5.41 Å². The van der Waals surface area contributed by atoms with Crippen LogP contribution in [0.25, 0.3) is 72.3 Å². The van der Waals surface area contributed by atoms with Crippen LogP contribution in [0.4, 0.5) is 11.4 Å². The fourth-order valence-electron chi connectivity index (χ4n) is 8.85. The van der Waals surface area contributed by atoms with Crippen molar-refractivity contribution in [1.82, 2.24) is 0 Å². The Kier molecular flexibility index (Phi) is 9.26. The molecule has 0 radical (unpaired) electrons. The Morgan fingerprint density at radius 2 is 1.19 bits per heavy atom. The number of benzene rings is 7. The van der Waals surface area contributed by atoms with Gasteiger partial charge in [0.15, 0.2) is 0 Å². The van der Waals surface area contributed by atoms with Crippen LogP contribution in [0.5, 0.6) is 0 Å². The molecule has 0 fully saturated rings. The summed E-state index contributed by atoms with van der Waals surface area (Å²) in [6.45, 7) is 18.8. The number of hydrogen-bond acceptors (Lipinski definition) is 2. The summed E-state index contributed by atoms with van der Waals surface area (Å²) in [5, 5.41) is 3.42. The van der Waals surface area contributed by atoms with Crippen molar-refractivity contribution in [3.05, 3.63) is 224 Å².